The summed E-state index contributed by atoms with van der Waals surface area (Å²) in [6, 6.07) is 0.683. The van der Waals surface area contributed by atoms with Crippen molar-refractivity contribution in [1.29, 1.82) is 0 Å². The lowest BCUT2D eigenvalue weighted by atomic mass is 10.00. The van der Waals surface area contributed by atoms with Crippen molar-refractivity contribution >= 4 is 5.96 Å². The first-order valence-electron chi connectivity index (χ1n) is 6.19. The molecule has 1 saturated heterocycles. The first-order valence-corrected chi connectivity index (χ1v) is 6.19. The molecule has 0 bridgehead atoms. The van der Waals surface area contributed by atoms with Crippen molar-refractivity contribution in [2.75, 3.05) is 20.1 Å². The van der Waals surface area contributed by atoms with Crippen LogP contribution in [0.25, 0.3) is 0 Å². The van der Waals surface area contributed by atoms with Crippen LogP contribution in [0.15, 0.2) is 4.99 Å². The van der Waals surface area contributed by atoms with Crippen LogP contribution < -0.4 is 5.32 Å². The molecule has 1 aliphatic heterocycles. The van der Waals surface area contributed by atoms with Gasteiger partial charge >= 0.3 is 0 Å². The molecule has 0 spiro atoms. The molecule has 86 valence electrons. The van der Waals surface area contributed by atoms with Crippen molar-refractivity contribution in [2.45, 2.75) is 39.2 Å². The van der Waals surface area contributed by atoms with E-state index in [1.165, 1.54) is 32.4 Å². The van der Waals surface area contributed by atoms with Gasteiger partial charge in [0.05, 0.1) is 0 Å². The van der Waals surface area contributed by atoms with Crippen LogP contribution in [0.5, 0.6) is 0 Å². The smallest absolute Gasteiger partial charge is 0.193 e. The largest absolute Gasteiger partial charge is 0.353 e. The number of aliphatic imine (C=N–C) groups is 1. The molecule has 15 heavy (non-hydrogen) atoms. The predicted molar refractivity (Wildman–Crippen MR) is 64.0 cm³/mol. The molecule has 0 aromatic heterocycles. The van der Waals surface area contributed by atoms with E-state index in [0.29, 0.717) is 6.04 Å². The molecular weight excluding hydrogens is 186 g/mol. The van der Waals surface area contributed by atoms with E-state index in [2.05, 4.69) is 29.1 Å². The summed E-state index contributed by atoms with van der Waals surface area (Å²) in [6.07, 6.45) is 3.92. The summed E-state index contributed by atoms with van der Waals surface area (Å²) in [5, 5.41) is 3.55. The van der Waals surface area contributed by atoms with Gasteiger partial charge in [0, 0.05) is 26.2 Å². The maximum absolute atomic E-state index is 4.38. The SMILES string of the molecule is CN=C(NC1CC1C)N1CCC(C)CC1. The van der Waals surface area contributed by atoms with E-state index in [1.54, 1.807) is 0 Å². The molecule has 3 heteroatoms. The lowest BCUT2D eigenvalue weighted by molar-refractivity contribution is 0.273. The van der Waals surface area contributed by atoms with Crippen LogP contribution in [0.1, 0.15) is 33.1 Å². The van der Waals surface area contributed by atoms with Crippen molar-refractivity contribution in [2.24, 2.45) is 16.8 Å². The molecule has 0 aromatic carbocycles. The highest BCUT2D eigenvalue weighted by Gasteiger charge is 2.34. The maximum Gasteiger partial charge on any atom is 0.193 e. The molecule has 2 unspecified atom stereocenters. The molecule has 1 N–H and O–H groups in total. The second-order valence-electron chi connectivity index (χ2n) is 5.18. The monoisotopic (exact) mass is 209 g/mol. The van der Waals surface area contributed by atoms with Gasteiger partial charge in [0.1, 0.15) is 0 Å². The van der Waals surface area contributed by atoms with Gasteiger partial charge < -0.3 is 10.2 Å². The number of nitrogens with zero attached hydrogens (tertiary/aromatic N) is 2. The Hall–Kier alpha value is -0.730. The Morgan fingerprint density at radius 1 is 1.27 bits per heavy atom. The minimum Gasteiger partial charge on any atom is -0.353 e. The molecule has 1 aliphatic carbocycles. The van der Waals surface area contributed by atoms with Crippen LogP contribution >= 0.6 is 0 Å². The van der Waals surface area contributed by atoms with E-state index in [1.807, 2.05) is 7.05 Å². The average Bonchev–Trinajstić information content (AvgIpc) is 2.92. The first-order chi connectivity index (χ1) is 7.20. The minimum atomic E-state index is 0.683. The number of likely N-dealkylation sites (tertiary alicyclic amines) is 1. The maximum atomic E-state index is 4.38. The Morgan fingerprint density at radius 3 is 2.33 bits per heavy atom. The molecule has 2 aliphatic rings. The number of rotatable bonds is 1. The zero-order valence-corrected chi connectivity index (χ0v) is 10.2. The summed E-state index contributed by atoms with van der Waals surface area (Å²) in [6.45, 7) is 6.98. The fourth-order valence-corrected chi connectivity index (χ4v) is 2.21. The van der Waals surface area contributed by atoms with Crippen molar-refractivity contribution in [1.82, 2.24) is 10.2 Å². The number of hydrogen-bond donors (Lipinski definition) is 1. The van der Waals surface area contributed by atoms with Gasteiger partial charge in [0.25, 0.3) is 0 Å². The Bertz CT molecular complexity index is 241. The summed E-state index contributed by atoms with van der Waals surface area (Å²) >= 11 is 0. The highest BCUT2D eigenvalue weighted by atomic mass is 15.3. The molecular formula is C12H23N3. The van der Waals surface area contributed by atoms with Crippen LogP contribution in [0.4, 0.5) is 0 Å². The Balaban J connectivity index is 1.84. The third-order valence-electron chi connectivity index (χ3n) is 3.72. The molecule has 0 radical (unpaired) electrons. The zero-order valence-electron chi connectivity index (χ0n) is 10.2. The number of guanidine groups is 1. The second kappa shape index (κ2) is 4.42. The standard InChI is InChI=1S/C12H23N3/c1-9-4-6-15(7-5-9)12(13-3)14-11-8-10(11)2/h9-11H,4-8H2,1-3H3,(H,13,14). The van der Waals surface area contributed by atoms with Crippen LogP contribution in [0.2, 0.25) is 0 Å². The lowest BCUT2D eigenvalue weighted by Crippen LogP contribution is -2.46. The van der Waals surface area contributed by atoms with Gasteiger partial charge in [-0.1, -0.05) is 13.8 Å². The molecule has 2 atom stereocenters. The first kappa shape index (κ1) is 10.8. The normalized spacial score (nSPS) is 33.0. The number of hydrogen-bond acceptors (Lipinski definition) is 1. The van der Waals surface area contributed by atoms with E-state index in [0.717, 1.165) is 17.8 Å². The summed E-state index contributed by atoms with van der Waals surface area (Å²) in [5.41, 5.74) is 0. The summed E-state index contributed by atoms with van der Waals surface area (Å²) in [4.78, 5) is 6.79. The van der Waals surface area contributed by atoms with Crippen molar-refractivity contribution in [3.63, 3.8) is 0 Å². The third kappa shape index (κ3) is 2.64. The van der Waals surface area contributed by atoms with Gasteiger partial charge in [-0.25, -0.2) is 0 Å². The van der Waals surface area contributed by atoms with E-state index in [9.17, 15) is 0 Å². The second-order valence-corrected chi connectivity index (χ2v) is 5.18. The number of nitrogens with one attached hydrogen (secondary N) is 1. The highest BCUT2D eigenvalue weighted by Crippen LogP contribution is 2.29. The van der Waals surface area contributed by atoms with E-state index < -0.39 is 0 Å². The van der Waals surface area contributed by atoms with E-state index in [-0.39, 0.29) is 0 Å². The Labute approximate surface area is 92.9 Å². The van der Waals surface area contributed by atoms with Crippen LogP contribution in [-0.4, -0.2) is 37.0 Å². The topological polar surface area (TPSA) is 27.6 Å². The number of piperidine rings is 1. The Kier molecular flexibility index (Phi) is 3.17. The molecule has 3 nitrogen and oxygen atoms in total. The van der Waals surface area contributed by atoms with E-state index >= 15 is 0 Å². The molecule has 1 heterocycles. The molecule has 0 amide bonds. The van der Waals surface area contributed by atoms with E-state index in [4.69, 9.17) is 0 Å². The van der Waals surface area contributed by atoms with Gasteiger partial charge in [0.15, 0.2) is 5.96 Å². The van der Waals surface area contributed by atoms with Crippen LogP contribution in [0.3, 0.4) is 0 Å². The van der Waals surface area contributed by atoms with Gasteiger partial charge in [-0.05, 0) is 31.1 Å². The zero-order chi connectivity index (χ0) is 10.8. The summed E-state index contributed by atoms with van der Waals surface area (Å²) in [7, 11) is 1.90. The predicted octanol–water partition coefficient (Wildman–Crippen LogP) is 1.70. The van der Waals surface area contributed by atoms with Crippen molar-refractivity contribution < 1.29 is 0 Å². The quantitative estimate of drug-likeness (QED) is 0.526. The molecule has 2 rings (SSSR count). The summed E-state index contributed by atoms with van der Waals surface area (Å²) < 4.78 is 0. The highest BCUT2D eigenvalue weighted by molar-refractivity contribution is 5.80. The summed E-state index contributed by atoms with van der Waals surface area (Å²) in [5.74, 6) is 2.85. The fraction of sp³-hybridized carbons (Fsp3) is 0.917. The third-order valence-corrected chi connectivity index (χ3v) is 3.72. The Morgan fingerprint density at radius 2 is 1.87 bits per heavy atom. The molecule has 0 aromatic rings. The minimum absolute atomic E-state index is 0.683. The van der Waals surface area contributed by atoms with Crippen molar-refractivity contribution in [3.8, 4) is 0 Å². The fourth-order valence-electron chi connectivity index (χ4n) is 2.21. The molecule has 2 fully saturated rings. The van der Waals surface area contributed by atoms with Crippen LogP contribution in [-0.2, 0) is 0 Å². The van der Waals surface area contributed by atoms with Crippen molar-refractivity contribution in [3.05, 3.63) is 0 Å². The van der Waals surface area contributed by atoms with Gasteiger partial charge in [-0.15, -0.1) is 0 Å². The van der Waals surface area contributed by atoms with Gasteiger partial charge in [-0.3, -0.25) is 4.99 Å². The van der Waals surface area contributed by atoms with Crippen LogP contribution in [0, 0.1) is 11.8 Å². The van der Waals surface area contributed by atoms with Gasteiger partial charge in [-0.2, -0.15) is 0 Å². The lowest BCUT2D eigenvalue weighted by Gasteiger charge is -2.33. The molecule has 1 saturated carbocycles. The average molecular weight is 209 g/mol. The van der Waals surface area contributed by atoms with Gasteiger partial charge in [0.2, 0.25) is 0 Å².